The zero-order valence-corrected chi connectivity index (χ0v) is 40.7. The number of fused-ring (bicyclic) bond motifs is 1. The number of carbonyl (C=O) groups is 11. The number of carbonyl (C=O) groups excluding carboxylic acids is 10. The highest BCUT2D eigenvalue weighted by atomic mass is 16.4. The predicted molar refractivity (Wildman–Crippen MR) is 255 cm³/mol. The van der Waals surface area contributed by atoms with E-state index < -0.39 is 139 Å². The number of para-hydroxylation sites is 1. The Kier molecular flexibility index (Phi) is 22.8. The second-order valence-corrected chi connectivity index (χ2v) is 17.8. The van der Waals surface area contributed by atoms with E-state index >= 15 is 0 Å². The van der Waals surface area contributed by atoms with Crippen molar-refractivity contribution in [2.75, 3.05) is 19.6 Å². The van der Waals surface area contributed by atoms with Crippen molar-refractivity contribution in [2.24, 2.45) is 29.0 Å². The van der Waals surface area contributed by atoms with Gasteiger partial charge in [-0.25, -0.2) is 4.79 Å². The van der Waals surface area contributed by atoms with E-state index in [1.165, 1.54) is 11.8 Å². The van der Waals surface area contributed by atoms with Crippen molar-refractivity contribution in [1.82, 2.24) is 47.1 Å². The molecule has 1 aromatic carbocycles. The highest BCUT2D eigenvalue weighted by molar-refractivity contribution is 5.98. The van der Waals surface area contributed by atoms with Gasteiger partial charge >= 0.3 is 5.97 Å². The van der Waals surface area contributed by atoms with Crippen LogP contribution in [0.3, 0.4) is 0 Å². The van der Waals surface area contributed by atoms with Gasteiger partial charge in [0, 0.05) is 42.9 Å². The number of hydrogen-bond acceptors (Lipinski definition) is 13. The van der Waals surface area contributed by atoms with Gasteiger partial charge in [0.05, 0.1) is 25.2 Å². The van der Waals surface area contributed by atoms with Crippen molar-refractivity contribution in [2.45, 2.75) is 141 Å². The number of benzene rings is 1. The normalized spacial score (nSPS) is 17.1. The van der Waals surface area contributed by atoms with Gasteiger partial charge in [0.1, 0.15) is 36.3 Å². The third kappa shape index (κ3) is 17.6. The molecule has 1 aliphatic heterocycles. The lowest BCUT2D eigenvalue weighted by molar-refractivity contribution is -0.142. The van der Waals surface area contributed by atoms with E-state index in [-0.39, 0.29) is 44.6 Å². The Morgan fingerprint density at radius 1 is 0.718 bits per heavy atom. The maximum absolute atomic E-state index is 14.2. The molecule has 0 aliphatic carbocycles. The first-order valence-electron chi connectivity index (χ1n) is 23.6. The molecule has 25 nitrogen and oxygen atoms in total. The lowest BCUT2D eigenvalue weighted by atomic mass is 9.96. The Morgan fingerprint density at radius 3 is 1.92 bits per heavy atom. The number of aliphatic carboxylic acids is 1. The first-order chi connectivity index (χ1) is 33.5. The minimum Gasteiger partial charge on any atom is -0.480 e. The van der Waals surface area contributed by atoms with Crippen molar-refractivity contribution < 1.29 is 63.0 Å². The van der Waals surface area contributed by atoms with E-state index in [9.17, 15) is 63.0 Å². The molecule has 10 atom stereocenters. The number of likely N-dealkylation sites (tertiary alicyclic amines) is 1. The fourth-order valence-electron chi connectivity index (χ4n) is 7.73. The number of nitrogens with two attached hydrogens (primary N) is 3. The van der Waals surface area contributed by atoms with Crippen LogP contribution in [0.1, 0.15) is 91.5 Å². The van der Waals surface area contributed by atoms with E-state index in [1.807, 2.05) is 6.92 Å². The monoisotopic (exact) mass is 999 g/mol. The molecule has 10 amide bonds. The third-order valence-corrected chi connectivity index (χ3v) is 12.5. The zero-order valence-electron chi connectivity index (χ0n) is 40.7. The van der Waals surface area contributed by atoms with Crippen LogP contribution in [0.4, 0.5) is 0 Å². The predicted octanol–water partition coefficient (Wildman–Crippen LogP) is -3.23. The van der Waals surface area contributed by atoms with Crippen LogP contribution in [0.5, 0.6) is 0 Å². The molecule has 2 heterocycles. The van der Waals surface area contributed by atoms with Gasteiger partial charge in [0.2, 0.25) is 59.1 Å². The highest BCUT2D eigenvalue weighted by Crippen LogP contribution is 2.21. The van der Waals surface area contributed by atoms with Crippen molar-refractivity contribution in [3.05, 3.63) is 36.0 Å². The number of aliphatic hydroxyl groups excluding tert-OH is 1. The van der Waals surface area contributed by atoms with E-state index in [1.54, 1.807) is 51.2 Å². The quantitative estimate of drug-likeness (QED) is 0.0382. The molecule has 0 spiro atoms. The second-order valence-electron chi connectivity index (χ2n) is 17.8. The molecule has 1 fully saturated rings. The van der Waals surface area contributed by atoms with Gasteiger partial charge in [-0.05, 0) is 56.1 Å². The summed E-state index contributed by atoms with van der Waals surface area (Å²) in [6.07, 6.45) is 0.0417. The summed E-state index contributed by atoms with van der Waals surface area (Å²) in [5.41, 5.74) is 17.8. The number of primary amides is 2. The van der Waals surface area contributed by atoms with Crippen LogP contribution >= 0.6 is 0 Å². The van der Waals surface area contributed by atoms with Gasteiger partial charge in [-0.2, -0.15) is 0 Å². The fourth-order valence-corrected chi connectivity index (χ4v) is 7.73. The van der Waals surface area contributed by atoms with Crippen LogP contribution in [-0.2, 0) is 59.2 Å². The van der Waals surface area contributed by atoms with Crippen molar-refractivity contribution in [3.8, 4) is 0 Å². The molecule has 25 heteroatoms. The lowest BCUT2D eigenvalue weighted by Gasteiger charge is -2.30. The maximum Gasteiger partial charge on any atom is 0.326 e. The molecular weight excluding hydrogens is 929 g/mol. The summed E-state index contributed by atoms with van der Waals surface area (Å²) in [6, 6.07) is -2.37. The summed E-state index contributed by atoms with van der Waals surface area (Å²) in [5, 5.41) is 38.3. The topological polar surface area (TPSA) is 410 Å². The summed E-state index contributed by atoms with van der Waals surface area (Å²) in [6.45, 7) is 7.19. The Morgan fingerprint density at radius 2 is 1.31 bits per heavy atom. The molecule has 0 unspecified atom stereocenters. The number of hydrogen-bond donors (Lipinski definition) is 13. The number of carboxylic acids is 1. The molecular formula is C46H70N12O13. The van der Waals surface area contributed by atoms with Crippen molar-refractivity contribution in [1.29, 1.82) is 0 Å². The first kappa shape index (κ1) is 58.2. The summed E-state index contributed by atoms with van der Waals surface area (Å²) in [5.74, 6) is -10.4. The molecule has 0 radical (unpaired) electrons. The van der Waals surface area contributed by atoms with Crippen LogP contribution in [0.2, 0.25) is 0 Å². The van der Waals surface area contributed by atoms with Gasteiger partial charge in [-0.3, -0.25) is 47.9 Å². The summed E-state index contributed by atoms with van der Waals surface area (Å²) in [7, 11) is 0. The first-order valence-corrected chi connectivity index (χ1v) is 23.6. The Bertz CT molecular complexity index is 2250. The van der Waals surface area contributed by atoms with Crippen LogP contribution in [0.15, 0.2) is 30.5 Å². The summed E-state index contributed by atoms with van der Waals surface area (Å²) >= 11 is 0. The minimum atomic E-state index is -1.76. The molecule has 71 heavy (non-hydrogen) atoms. The summed E-state index contributed by atoms with van der Waals surface area (Å²) < 4.78 is 0. The van der Waals surface area contributed by atoms with Crippen LogP contribution < -0.4 is 54.4 Å². The number of amides is 10. The van der Waals surface area contributed by atoms with Crippen LogP contribution in [0.25, 0.3) is 10.9 Å². The van der Waals surface area contributed by atoms with Gasteiger partial charge in [-0.15, -0.1) is 0 Å². The average molecular weight is 999 g/mol. The average Bonchev–Trinajstić information content (AvgIpc) is 4.00. The maximum atomic E-state index is 14.2. The number of nitrogens with one attached hydrogen (secondary N) is 8. The number of aromatic nitrogens is 1. The van der Waals surface area contributed by atoms with Crippen molar-refractivity contribution >= 4 is 75.9 Å². The second kappa shape index (κ2) is 27.9. The number of rotatable bonds is 29. The fraction of sp³-hybridized carbons (Fsp3) is 0.587. The summed E-state index contributed by atoms with van der Waals surface area (Å²) in [4.78, 5) is 147. The highest BCUT2D eigenvalue weighted by Gasteiger charge is 2.39. The Labute approximate surface area is 410 Å². The molecule has 2 aromatic rings. The molecule has 1 aliphatic rings. The van der Waals surface area contributed by atoms with Crippen molar-refractivity contribution in [3.63, 3.8) is 0 Å². The molecule has 0 saturated carbocycles. The molecule has 1 aromatic heterocycles. The smallest absolute Gasteiger partial charge is 0.326 e. The van der Waals surface area contributed by atoms with Gasteiger partial charge < -0.3 is 74.5 Å². The number of aliphatic hydroxyl groups is 1. The van der Waals surface area contributed by atoms with Crippen LogP contribution in [0, 0.1) is 11.8 Å². The SMILES string of the molecule is CC[C@H](C)[C@H](N)C(=O)NCC(=O)N1CCC[C@H]1C(=O)N[C@@H](CCC(N)=O)C(=O)N[C@H](C(=O)N[C@H](C(=O)N[C@@H](Cc1c[nH]c2ccccc12)C(=O)NCC(=O)N[C@@H](CCC(N)=O)C(=O)O)[C@@H](C)CC)[C@@H](C)O. The molecule has 1 saturated heterocycles. The standard InChI is InChI=1S/C46H70N12O13/c1-6-23(3)37(49)43(67)52-22-36(63)58-18-10-13-32(58)42(66)54-29(14-16-33(47)60)41(65)57-39(25(5)59)45(69)56-38(24(4)7-2)44(68)55-31(19-26-20-50-28-12-9-8-11-27(26)28)40(64)51-21-35(62)53-30(46(70)71)15-17-34(48)61/h8-9,11-12,20,23-25,29-32,37-39,50,59H,6-7,10,13-19,21-22,49H2,1-5H3,(H2,47,60)(H2,48,61)(H,51,64)(H,52,67)(H,53,62)(H,54,66)(H,55,68)(H,56,69)(H,57,65)(H,70,71)/t23-,24-,25+,29-,30-,31-,32-,37-,38-,39-/m0/s1. The third-order valence-electron chi connectivity index (χ3n) is 12.5. The Balaban J connectivity index is 1.81. The number of aromatic amines is 1. The lowest BCUT2D eigenvalue weighted by Crippen LogP contribution is -2.62. The zero-order chi connectivity index (χ0) is 53.1. The number of nitrogens with zero attached hydrogens (tertiary/aromatic N) is 1. The molecule has 0 bridgehead atoms. The van der Waals surface area contributed by atoms with E-state index in [2.05, 4.69) is 42.2 Å². The van der Waals surface area contributed by atoms with Gasteiger partial charge in [0.15, 0.2) is 0 Å². The molecule has 16 N–H and O–H groups in total. The van der Waals surface area contributed by atoms with Gasteiger partial charge in [0.25, 0.3) is 0 Å². The van der Waals surface area contributed by atoms with Crippen LogP contribution in [-0.4, -0.2) is 153 Å². The van der Waals surface area contributed by atoms with E-state index in [0.29, 0.717) is 35.7 Å². The molecule has 3 rings (SSSR count). The van der Waals surface area contributed by atoms with Gasteiger partial charge in [-0.1, -0.05) is 58.7 Å². The largest absolute Gasteiger partial charge is 0.480 e. The Hall–Kier alpha value is -7.15. The van der Waals surface area contributed by atoms with E-state index in [4.69, 9.17) is 17.2 Å². The van der Waals surface area contributed by atoms with E-state index in [0.717, 1.165) is 0 Å². The minimum absolute atomic E-state index is 0.137. The molecule has 392 valence electrons. The number of carboxylic acid groups (broad SMARTS) is 1. The number of H-pyrrole nitrogens is 1.